The van der Waals surface area contributed by atoms with Crippen LogP contribution in [0.4, 0.5) is 0 Å². The van der Waals surface area contributed by atoms with Crippen molar-refractivity contribution in [1.82, 2.24) is 4.98 Å². The summed E-state index contributed by atoms with van der Waals surface area (Å²) >= 11 is 5.75. The molecule has 1 aliphatic rings. The number of aryl methyl sites for hydroxylation is 1. The van der Waals surface area contributed by atoms with Crippen LogP contribution >= 0.6 is 11.6 Å². The molecule has 15 heavy (non-hydrogen) atoms. The Hall–Kier alpha value is -0.560. The minimum Gasteiger partial charge on any atom is -0.244 e. The van der Waals surface area contributed by atoms with Crippen LogP contribution in [0, 0.1) is 5.92 Å². The third-order valence-corrected chi connectivity index (χ3v) is 3.58. The Balaban J connectivity index is 1.79. The summed E-state index contributed by atoms with van der Waals surface area (Å²) in [6.45, 7) is 0. The molecule has 0 unspecified atom stereocenters. The molecule has 0 saturated heterocycles. The van der Waals surface area contributed by atoms with Gasteiger partial charge in [0.25, 0.3) is 0 Å². The monoisotopic (exact) mass is 223 g/mol. The van der Waals surface area contributed by atoms with Crippen LogP contribution in [0.2, 0.25) is 5.15 Å². The van der Waals surface area contributed by atoms with Gasteiger partial charge in [-0.25, -0.2) is 4.98 Å². The van der Waals surface area contributed by atoms with Gasteiger partial charge < -0.3 is 0 Å². The van der Waals surface area contributed by atoms with E-state index in [9.17, 15) is 0 Å². The minimum absolute atomic E-state index is 0.594. The van der Waals surface area contributed by atoms with E-state index in [-0.39, 0.29) is 0 Å². The second kappa shape index (κ2) is 5.50. The largest absolute Gasteiger partial charge is 0.244 e. The molecule has 1 fully saturated rings. The number of hydrogen-bond acceptors (Lipinski definition) is 1. The lowest BCUT2D eigenvalue weighted by molar-refractivity contribution is 0.339. The van der Waals surface area contributed by atoms with Gasteiger partial charge in [-0.15, -0.1) is 0 Å². The molecule has 0 spiro atoms. The Kier molecular flexibility index (Phi) is 4.01. The van der Waals surface area contributed by atoms with Gasteiger partial charge in [-0.05, 0) is 30.4 Å². The number of aromatic nitrogens is 1. The van der Waals surface area contributed by atoms with Crippen molar-refractivity contribution in [3.8, 4) is 0 Å². The van der Waals surface area contributed by atoms with Crippen molar-refractivity contribution in [1.29, 1.82) is 0 Å². The summed E-state index contributed by atoms with van der Waals surface area (Å²) in [5.41, 5.74) is 1.32. The maximum absolute atomic E-state index is 5.75. The van der Waals surface area contributed by atoms with Gasteiger partial charge >= 0.3 is 0 Å². The molecule has 1 aromatic heterocycles. The summed E-state index contributed by atoms with van der Waals surface area (Å²) in [5.74, 6) is 0.953. The van der Waals surface area contributed by atoms with Crippen LogP contribution in [0.25, 0.3) is 0 Å². The second-order valence-corrected chi connectivity index (χ2v) is 4.92. The van der Waals surface area contributed by atoms with Gasteiger partial charge in [0.05, 0.1) is 0 Å². The Morgan fingerprint density at radius 1 is 1.20 bits per heavy atom. The number of pyridine rings is 1. The maximum atomic E-state index is 5.75. The topological polar surface area (TPSA) is 12.9 Å². The van der Waals surface area contributed by atoms with Crippen LogP contribution in [-0.4, -0.2) is 4.98 Å². The highest BCUT2D eigenvalue weighted by Crippen LogP contribution is 2.27. The Bertz CT molecular complexity index is 288. The summed E-state index contributed by atoms with van der Waals surface area (Å²) in [5, 5.41) is 0.594. The van der Waals surface area contributed by atoms with Crippen molar-refractivity contribution >= 4 is 11.6 Å². The summed E-state index contributed by atoms with van der Waals surface area (Å²) in [6.07, 6.45) is 11.6. The lowest BCUT2D eigenvalue weighted by atomic mass is 9.85. The smallest absolute Gasteiger partial charge is 0.129 e. The normalized spacial score (nSPS) is 17.9. The SMILES string of the molecule is Clc1ccc(CCC2CCCCC2)cn1. The van der Waals surface area contributed by atoms with E-state index in [4.69, 9.17) is 11.6 Å². The summed E-state index contributed by atoms with van der Waals surface area (Å²) in [4.78, 5) is 4.11. The molecule has 0 amide bonds. The first-order valence-electron chi connectivity index (χ1n) is 5.95. The summed E-state index contributed by atoms with van der Waals surface area (Å²) < 4.78 is 0. The predicted molar refractivity (Wildman–Crippen MR) is 64.1 cm³/mol. The highest BCUT2D eigenvalue weighted by molar-refractivity contribution is 6.29. The zero-order valence-electron chi connectivity index (χ0n) is 9.08. The van der Waals surface area contributed by atoms with Gasteiger partial charge in [-0.2, -0.15) is 0 Å². The average Bonchev–Trinajstić information content (AvgIpc) is 2.30. The van der Waals surface area contributed by atoms with Crippen LogP contribution in [0.3, 0.4) is 0 Å². The summed E-state index contributed by atoms with van der Waals surface area (Å²) in [7, 11) is 0. The predicted octanol–water partition coefficient (Wildman–Crippen LogP) is 4.25. The van der Waals surface area contributed by atoms with E-state index >= 15 is 0 Å². The van der Waals surface area contributed by atoms with E-state index in [2.05, 4.69) is 11.1 Å². The average molecular weight is 224 g/mol. The van der Waals surface area contributed by atoms with E-state index in [1.165, 1.54) is 44.1 Å². The van der Waals surface area contributed by atoms with Gasteiger partial charge in [0.1, 0.15) is 5.15 Å². The van der Waals surface area contributed by atoms with Crippen molar-refractivity contribution in [2.45, 2.75) is 44.9 Å². The first kappa shape index (κ1) is 10.9. The van der Waals surface area contributed by atoms with Crippen LogP contribution in [0.5, 0.6) is 0 Å². The first-order chi connectivity index (χ1) is 7.34. The summed E-state index contributed by atoms with van der Waals surface area (Å²) in [6, 6.07) is 3.98. The molecule has 0 atom stereocenters. The highest BCUT2D eigenvalue weighted by atomic mass is 35.5. The number of hydrogen-bond donors (Lipinski definition) is 0. The Labute approximate surface area is 96.9 Å². The molecule has 1 aromatic rings. The molecule has 0 radical (unpaired) electrons. The molecule has 1 saturated carbocycles. The van der Waals surface area contributed by atoms with Crippen LogP contribution < -0.4 is 0 Å². The molecule has 0 aliphatic heterocycles. The highest BCUT2D eigenvalue weighted by Gasteiger charge is 2.12. The molecular formula is C13H18ClN. The maximum Gasteiger partial charge on any atom is 0.129 e. The minimum atomic E-state index is 0.594. The lowest BCUT2D eigenvalue weighted by Crippen LogP contribution is -2.07. The van der Waals surface area contributed by atoms with Crippen molar-refractivity contribution in [2.75, 3.05) is 0 Å². The van der Waals surface area contributed by atoms with E-state index in [0.717, 1.165) is 12.3 Å². The van der Waals surface area contributed by atoms with Gasteiger partial charge in [0.2, 0.25) is 0 Å². The van der Waals surface area contributed by atoms with Crippen molar-refractivity contribution in [2.24, 2.45) is 5.92 Å². The van der Waals surface area contributed by atoms with Gasteiger partial charge in [-0.3, -0.25) is 0 Å². The van der Waals surface area contributed by atoms with Crippen LogP contribution in [-0.2, 0) is 6.42 Å². The molecule has 2 rings (SSSR count). The Morgan fingerprint density at radius 2 is 2.00 bits per heavy atom. The van der Waals surface area contributed by atoms with Crippen LogP contribution in [0.1, 0.15) is 44.1 Å². The van der Waals surface area contributed by atoms with Gasteiger partial charge in [0, 0.05) is 6.20 Å². The fraction of sp³-hybridized carbons (Fsp3) is 0.615. The molecule has 1 aliphatic carbocycles. The standard InChI is InChI=1S/C13H18ClN/c14-13-9-8-12(10-15-13)7-6-11-4-2-1-3-5-11/h8-11H,1-7H2. The second-order valence-electron chi connectivity index (χ2n) is 4.53. The molecule has 0 bridgehead atoms. The molecule has 0 aromatic carbocycles. The zero-order valence-corrected chi connectivity index (χ0v) is 9.84. The molecule has 0 N–H and O–H groups in total. The van der Waals surface area contributed by atoms with Crippen LogP contribution in [0.15, 0.2) is 18.3 Å². The lowest BCUT2D eigenvalue weighted by Gasteiger charge is -2.21. The third-order valence-electron chi connectivity index (χ3n) is 3.35. The molecule has 1 heterocycles. The quantitative estimate of drug-likeness (QED) is 0.699. The van der Waals surface area contributed by atoms with Gasteiger partial charge in [-0.1, -0.05) is 49.8 Å². The fourth-order valence-electron chi connectivity index (χ4n) is 2.40. The molecular weight excluding hydrogens is 206 g/mol. The zero-order chi connectivity index (χ0) is 10.5. The number of halogens is 1. The number of nitrogens with zero attached hydrogens (tertiary/aromatic N) is 1. The molecule has 2 heteroatoms. The van der Waals surface area contributed by atoms with Crippen molar-refractivity contribution < 1.29 is 0 Å². The van der Waals surface area contributed by atoms with E-state index in [1.807, 2.05) is 12.3 Å². The van der Waals surface area contributed by atoms with E-state index in [1.54, 1.807) is 0 Å². The Morgan fingerprint density at radius 3 is 2.67 bits per heavy atom. The number of rotatable bonds is 3. The fourth-order valence-corrected chi connectivity index (χ4v) is 2.51. The first-order valence-corrected chi connectivity index (χ1v) is 6.33. The molecule has 82 valence electrons. The van der Waals surface area contributed by atoms with Crippen molar-refractivity contribution in [3.05, 3.63) is 29.0 Å². The van der Waals surface area contributed by atoms with E-state index in [0.29, 0.717) is 5.15 Å². The van der Waals surface area contributed by atoms with Gasteiger partial charge in [0.15, 0.2) is 0 Å². The third kappa shape index (κ3) is 3.49. The van der Waals surface area contributed by atoms with Crippen molar-refractivity contribution in [3.63, 3.8) is 0 Å². The molecule has 1 nitrogen and oxygen atoms in total. The van der Waals surface area contributed by atoms with E-state index < -0.39 is 0 Å².